The normalized spacial score (nSPS) is 21.9. The average Bonchev–Trinajstić information content (AvgIpc) is 3.25. The van der Waals surface area contributed by atoms with Crippen molar-refractivity contribution in [2.45, 2.75) is 50.5 Å². The number of hydrogen-bond acceptors (Lipinski definition) is 7. The number of benzene rings is 1. The van der Waals surface area contributed by atoms with Gasteiger partial charge >= 0.3 is 0 Å². The molecule has 0 spiro atoms. The molecule has 2 aromatic heterocycles. The molecule has 1 aromatic carbocycles. The van der Waals surface area contributed by atoms with Crippen LogP contribution in [-0.2, 0) is 4.79 Å². The minimum absolute atomic E-state index is 0.255. The van der Waals surface area contributed by atoms with Gasteiger partial charge in [-0.25, -0.2) is 4.98 Å². The molecule has 30 heavy (non-hydrogen) atoms. The minimum Gasteiger partial charge on any atom is -0.493 e. The van der Waals surface area contributed by atoms with Crippen molar-refractivity contribution in [2.75, 3.05) is 13.2 Å². The van der Waals surface area contributed by atoms with Crippen molar-refractivity contribution in [3.05, 3.63) is 41.6 Å². The molecule has 0 radical (unpaired) electrons. The Morgan fingerprint density at radius 2 is 2.13 bits per heavy atom. The largest absolute Gasteiger partial charge is 0.493 e. The first-order chi connectivity index (χ1) is 14.6. The first-order valence-corrected chi connectivity index (χ1v) is 10.5. The number of hydrogen-bond donors (Lipinski definition) is 2. The van der Waals surface area contributed by atoms with Gasteiger partial charge in [-0.2, -0.15) is 0 Å². The number of ether oxygens (including phenoxy) is 1. The summed E-state index contributed by atoms with van der Waals surface area (Å²) in [7, 11) is 0. The van der Waals surface area contributed by atoms with E-state index in [0.29, 0.717) is 11.7 Å². The van der Waals surface area contributed by atoms with Gasteiger partial charge < -0.3 is 24.1 Å². The van der Waals surface area contributed by atoms with Crippen molar-refractivity contribution in [3.63, 3.8) is 0 Å². The summed E-state index contributed by atoms with van der Waals surface area (Å²) in [5, 5.41) is 15.7. The van der Waals surface area contributed by atoms with Crippen LogP contribution in [0.1, 0.15) is 67.8 Å². The van der Waals surface area contributed by atoms with Crippen LogP contribution in [0.15, 0.2) is 33.2 Å². The number of aliphatic hydroxyl groups is 1. The number of nitrogens with zero attached hydrogens (tertiary/aromatic N) is 2. The molecule has 2 saturated carbocycles. The summed E-state index contributed by atoms with van der Waals surface area (Å²) in [5.74, 6) is 2.97. The van der Waals surface area contributed by atoms with Gasteiger partial charge in [-0.15, -0.1) is 0 Å². The lowest BCUT2D eigenvalue weighted by Crippen LogP contribution is -2.28. The second-order valence-electron chi connectivity index (χ2n) is 8.40. The molecule has 1 atom stereocenters. The maximum atomic E-state index is 11.3. The zero-order chi connectivity index (χ0) is 20.7. The molecule has 2 N–H and O–H groups in total. The summed E-state index contributed by atoms with van der Waals surface area (Å²) < 4.78 is 17.2. The van der Waals surface area contributed by atoms with Gasteiger partial charge in [-0.1, -0.05) is 5.16 Å². The Bertz CT molecular complexity index is 1050. The standard InChI is InChI=1S/C22H25N3O5/c1-12(23-21(27)10-26)19-9-18(25-30-19)14-6-15(7-14)22-24-17-5-4-16(8-20(17)29-22)28-11-13-2-3-13/h4-5,8-9,12-15,26H,2-3,6-7,10-11H2,1H3,(H,23,27)/t12-,14?,15?/m0/s1. The Morgan fingerprint density at radius 3 is 2.90 bits per heavy atom. The van der Waals surface area contributed by atoms with Crippen molar-refractivity contribution < 1.29 is 23.6 Å². The molecule has 158 valence electrons. The predicted molar refractivity (Wildman–Crippen MR) is 107 cm³/mol. The van der Waals surface area contributed by atoms with Gasteiger partial charge in [-0.3, -0.25) is 4.79 Å². The van der Waals surface area contributed by atoms with Crippen LogP contribution in [0.5, 0.6) is 5.75 Å². The summed E-state index contributed by atoms with van der Waals surface area (Å²) >= 11 is 0. The lowest BCUT2D eigenvalue weighted by atomic mass is 9.73. The van der Waals surface area contributed by atoms with Gasteiger partial charge in [0.2, 0.25) is 5.91 Å². The molecule has 2 heterocycles. The van der Waals surface area contributed by atoms with Gasteiger partial charge in [0.05, 0.1) is 18.3 Å². The van der Waals surface area contributed by atoms with E-state index in [1.54, 1.807) is 6.92 Å². The van der Waals surface area contributed by atoms with Crippen LogP contribution >= 0.6 is 0 Å². The molecular formula is C22H25N3O5. The third-order valence-corrected chi connectivity index (χ3v) is 5.96. The minimum atomic E-state index is -0.547. The fraction of sp³-hybridized carbons (Fsp3) is 0.500. The van der Waals surface area contributed by atoms with Gasteiger partial charge in [0.1, 0.15) is 17.9 Å². The lowest BCUT2D eigenvalue weighted by molar-refractivity contribution is -0.124. The van der Waals surface area contributed by atoms with Crippen molar-refractivity contribution in [3.8, 4) is 5.75 Å². The zero-order valence-corrected chi connectivity index (χ0v) is 16.8. The lowest BCUT2D eigenvalue weighted by Gasteiger charge is -2.31. The van der Waals surface area contributed by atoms with Crippen LogP contribution in [0.25, 0.3) is 11.1 Å². The molecule has 0 aliphatic heterocycles. The number of aromatic nitrogens is 2. The van der Waals surface area contributed by atoms with Crippen LogP contribution in [0.4, 0.5) is 0 Å². The summed E-state index contributed by atoms with van der Waals surface area (Å²) in [6.45, 7) is 2.02. The summed E-state index contributed by atoms with van der Waals surface area (Å²) in [4.78, 5) is 16.0. The Hall–Kier alpha value is -2.87. The molecule has 0 saturated heterocycles. The van der Waals surface area contributed by atoms with Crippen LogP contribution in [0.2, 0.25) is 0 Å². The molecule has 5 rings (SSSR count). The van der Waals surface area contributed by atoms with E-state index in [0.717, 1.165) is 47.9 Å². The zero-order valence-electron chi connectivity index (χ0n) is 16.8. The van der Waals surface area contributed by atoms with Crippen molar-refractivity contribution in [1.29, 1.82) is 0 Å². The summed E-state index contributed by atoms with van der Waals surface area (Å²) in [6, 6.07) is 7.37. The SMILES string of the molecule is C[C@H](NC(=O)CO)c1cc(C2CC(c3nc4ccc(OCC5CC5)cc4o3)C2)no1. The summed E-state index contributed by atoms with van der Waals surface area (Å²) in [5.41, 5.74) is 2.49. The number of oxazole rings is 1. The maximum absolute atomic E-state index is 11.3. The van der Waals surface area contributed by atoms with Gasteiger partial charge in [0.15, 0.2) is 17.2 Å². The smallest absolute Gasteiger partial charge is 0.246 e. The summed E-state index contributed by atoms with van der Waals surface area (Å²) in [6.07, 6.45) is 4.31. The second-order valence-corrected chi connectivity index (χ2v) is 8.40. The number of amides is 1. The molecule has 2 aliphatic rings. The van der Waals surface area contributed by atoms with E-state index < -0.39 is 12.5 Å². The number of rotatable bonds is 8. The highest BCUT2D eigenvalue weighted by molar-refractivity contribution is 5.77. The number of fused-ring (bicyclic) bond motifs is 1. The number of carbonyl (C=O) groups excluding carboxylic acids is 1. The molecule has 8 nitrogen and oxygen atoms in total. The number of aliphatic hydroxyl groups excluding tert-OH is 1. The molecule has 0 unspecified atom stereocenters. The van der Waals surface area contributed by atoms with E-state index in [-0.39, 0.29) is 17.9 Å². The second kappa shape index (κ2) is 7.75. The topological polar surface area (TPSA) is 111 Å². The fourth-order valence-corrected chi connectivity index (χ4v) is 3.81. The Balaban J connectivity index is 1.20. The first kappa shape index (κ1) is 19.1. The number of nitrogens with one attached hydrogen (secondary N) is 1. The van der Waals surface area contributed by atoms with Crippen LogP contribution in [-0.4, -0.2) is 34.4 Å². The third kappa shape index (κ3) is 3.92. The third-order valence-electron chi connectivity index (χ3n) is 5.96. The van der Waals surface area contributed by atoms with Gasteiger partial charge in [0, 0.05) is 24.0 Å². The number of carbonyl (C=O) groups is 1. The predicted octanol–water partition coefficient (Wildman–Crippen LogP) is 3.44. The fourth-order valence-electron chi connectivity index (χ4n) is 3.81. The quantitative estimate of drug-likeness (QED) is 0.584. The van der Waals surface area contributed by atoms with E-state index >= 15 is 0 Å². The highest BCUT2D eigenvalue weighted by atomic mass is 16.5. The van der Waals surface area contributed by atoms with Crippen molar-refractivity contribution in [2.24, 2.45) is 5.92 Å². The van der Waals surface area contributed by atoms with Gasteiger partial charge in [-0.05, 0) is 50.7 Å². The highest BCUT2D eigenvalue weighted by Gasteiger charge is 2.37. The van der Waals surface area contributed by atoms with E-state index in [9.17, 15) is 4.79 Å². The molecule has 3 aromatic rings. The van der Waals surface area contributed by atoms with E-state index in [4.69, 9.17) is 18.8 Å². The molecular weight excluding hydrogens is 386 g/mol. The van der Waals surface area contributed by atoms with E-state index in [2.05, 4.69) is 15.5 Å². The van der Waals surface area contributed by atoms with Crippen LogP contribution in [0.3, 0.4) is 0 Å². The Morgan fingerprint density at radius 1 is 1.30 bits per heavy atom. The molecule has 0 bridgehead atoms. The molecule has 1 amide bonds. The van der Waals surface area contributed by atoms with Crippen molar-refractivity contribution >= 4 is 17.0 Å². The molecule has 8 heteroatoms. The van der Waals surface area contributed by atoms with E-state index in [1.807, 2.05) is 24.3 Å². The Kier molecular flexibility index (Phi) is 4.94. The van der Waals surface area contributed by atoms with Crippen LogP contribution < -0.4 is 10.1 Å². The monoisotopic (exact) mass is 411 g/mol. The highest BCUT2D eigenvalue weighted by Crippen LogP contribution is 2.47. The van der Waals surface area contributed by atoms with Crippen molar-refractivity contribution in [1.82, 2.24) is 15.5 Å². The maximum Gasteiger partial charge on any atom is 0.246 e. The van der Waals surface area contributed by atoms with Gasteiger partial charge in [0.25, 0.3) is 0 Å². The van der Waals surface area contributed by atoms with E-state index in [1.165, 1.54) is 12.8 Å². The Labute approximate surface area is 173 Å². The first-order valence-electron chi connectivity index (χ1n) is 10.5. The molecule has 2 fully saturated rings. The molecule has 2 aliphatic carbocycles. The van der Waals surface area contributed by atoms with Crippen LogP contribution in [0, 0.1) is 5.92 Å². The average molecular weight is 411 g/mol.